The molecule has 0 aliphatic heterocycles. The lowest BCUT2D eigenvalue weighted by Crippen LogP contribution is -2.34. The fourth-order valence-electron chi connectivity index (χ4n) is 4.12. The van der Waals surface area contributed by atoms with Gasteiger partial charge < -0.3 is 21.0 Å². The van der Waals surface area contributed by atoms with Crippen LogP contribution in [0.5, 0.6) is 0 Å². The molecule has 0 spiro atoms. The van der Waals surface area contributed by atoms with Gasteiger partial charge in [0, 0.05) is 29.2 Å². The van der Waals surface area contributed by atoms with Crippen molar-refractivity contribution in [2.75, 3.05) is 0 Å². The number of hydrogen-bond donors (Lipinski definition) is 4. The number of pyridine rings is 1. The first-order valence-electron chi connectivity index (χ1n) is 9.93. The van der Waals surface area contributed by atoms with Gasteiger partial charge in [-0.05, 0) is 55.4 Å². The van der Waals surface area contributed by atoms with Crippen LogP contribution < -0.4 is 16.6 Å². The van der Waals surface area contributed by atoms with E-state index in [-0.39, 0.29) is 17.5 Å². The van der Waals surface area contributed by atoms with Gasteiger partial charge in [0.1, 0.15) is 5.56 Å². The zero-order chi connectivity index (χ0) is 20.4. The second-order valence-electron chi connectivity index (χ2n) is 7.54. The molecule has 2 heterocycles. The molecule has 29 heavy (non-hydrogen) atoms. The summed E-state index contributed by atoms with van der Waals surface area (Å²) in [7, 11) is 0. The normalized spacial score (nSPS) is 15.8. The standard InChI is InChI=1S/C22H24N4O3/c23-21(28)16-11-15-18(8-4-9-19(15)26-22(16)29)25-20(27)10-3-5-13-12-24-17-7-2-1-6-14(13)17/h1-2,6-7,11-12,18,24H,3-5,8-10H2,(H2,23,28)(H,25,27)(H,26,29). The number of para-hydroxylation sites is 1. The van der Waals surface area contributed by atoms with Crippen LogP contribution in [0.2, 0.25) is 0 Å². The zero-order valence-electron chi connectivity index (χ0n) is 16.1. The molecule has 4 rings (SSSR count). The van der Waals surface area contributed by atoms with Gasteiger partial charge in [0.2, 0.25) is 5.91 Å². The van der Waals surface area contributed by atoms with Crippen molar-refractivity contribution in [1.29, 1.82) is 0 Å². The van der Waals surface area contributed by atoms with Gasteiger partial charge in [0.15, 0.2) is 0 Å². The van der Waals surface area contributed by atoms with Gasteiger partial charge in [-0.15, -0.1) is 0 Å². The van der Waals surface area contributed by atoms with Crippen molar-refractivity contribution in [3.63, 3.8) is 0 Å². The molecule has 5 N–H and O–H groups in total. The summed E-state index contributed by atoms with van der Waals surface area (Å²) in [5.74, 6) is -0.794. The van der Waals surface area contributed by atoms with E-state index in [1.165, 1.54) is 17.0 Å². The van der Waals surface area contributed by atoms with Gasteiger partial charge >= 0.3 is 0 Å². The highest BCUT2D eigenvalue weighted by molar-refractivity contribution is 5.92. The number of H-pyrrole nitrogens is 2. The number of aromatic nitrogens is 2. The highest BCUT2D eigenvalue weighted by Gasteiger charge is 2.24. The number of carbonyl (C=O) groups is 2. The largest absolute Gasteiger partial charge is 0.365 e. The summed E-state index contributed by atoms with van der Waals surface area (Å²) in [4.78, 5) is 42.0. The number of carbonyl (C=O) groups excluding carboxylic acids is 2. The van der Waals surface area contributed by atoms with E-state index in [9.17, 15) is 14.4 Å². The topological polar surface area (TPSA) is 121 Å². The Morgan fingerprint density at radius 3 is 2.90 bits per heavy atom. The minimum absolute atomic E-state index is 0.0329. The molecule has 0 saturated carbocycles. The number of nitrogens with one attached hydrogen (secondary N) is 3. The van der Waals surface area contributed by atoms with Crippen LogP contribution in [-0.2, 0) is 17.6 Å². The third-order valence-electron chi connectivity index (χ3n) is 5.58. The lowest BCUT2D eigenvalue weighted by molar-refractivity contribution is -0.122. The van der Waals surface area contributed by atoms with Crippen molar-refractivity contribution < 1.29 is 9.59 Å². The minimum atomic E-state index is -0.761. The van der Waals surface area contributed by atoms with E-state index in [2.05, 4.69) is 21.4 Å². The van der Waals surface area contributed by atoms with E-state index in [4.69, 9.17) is 5.73 Å². The molecule has 7 heteroatoms. The van der Waals surface area contributed by atoms with Crippen LogP contribution in [-0.4, -0.2) is 21.8 Å². The van der Waals surface area contributed by atoms with E-state index in [0.29, 0.717) is 6.42 Å². The highest BCUT2D eigenvalue weighted by Crippen LogP contribution is 2.28. The van der Waals surface area contributed by atoms with Gasteiger partial charge in [0.05, 0.1) is 6.04 Å². The fourth-order valence-corrected chi connectivity index (χ4v) is 4.12. The maximum atomic E-state index is 12.5. The first kappa shape index (κ1) is 19.0. The number of hydrogen-bond acceptors (Lipinski definition) is 3. The molecule has 2 aromatic heterocycles. The summed E-state index contributed by atoms with van der Waals surface area (Å²) < 4.78 is 0. The Labute approximate surface area is 167 Å². The van der Waals surface area contributed by atoms with Crippen molar-refractivity contribution in [3.05, 3.63) is 69.3 Å². The van der Waals surface area contributed by atoms with Crippen LogP contribution in [0.25, 0.3) is 10.9 Å². The van der Waals surface area contributed by atoms with Gasteiger partial charge in [-0.3, -0.25) is 14.4 Å². The third-order valence-corrected chi connectivity index (χ3v) is 5.58. The van der Waals surface area contributed by atoms with Gasteiger partial charge in [-0.2, -0.15) is 0 Å². The van der Waals surface area contributed by atoms with Crippen molar-refractivity contribution >= 4 is 22.7 Å². The second-order valence-corrected chi connectivity index (χ2v) is 7.54. The first-order valence-corrected chi connectivity index (χ1v) is 9.93. The van der Waals surface area contributed by atoms with Crippen LogP contribution in [0.4, 0.5) is 0 Å². The molecule has 2 amide bonds. The zero-order valence-corrected chi connectivity index (χ0v) is 16.1. The molecule has 0 bridgehead atoms. The van der Waals surface area contributed by atoms with E-state index in [1.54, 1.807) is 0 Å². The molecular weight excluding hydrogens is 368 g/mol. The molecule has 1 aliphatic rings. The Kier molecular flexibility index (Phi) is 5.20. The molecule has 1 atom stereocenters. The first-order chi connectivity index (χ1) is 14.0. The average Bonchev–Trinajstić information content (AvgIpc) is 3.11. The van der Waals surface area contributed by atoms with Gasteiger partial charge in [0.25, 0.3) is 11.5 Å². The van der Waals surface area contributed by atoms with Crippen LogP contribution in [0.15, 0.2) is 41.3 Å². The van der Waals surface area contributed by atoms with Crippen LogP contribution in [0.3, 0.4) is 0 Å². The molecule has 150 valence electrons. The van der Waals surface area contributed by atoms with E-state index >= 15 is 0 Å². The molecule has 0 fully saturated rings. The Balaban J connectivity index is 1.40. The smallest absolute Gasteiger partial charge is 0.261 e. The summed E-state index contributed by atoms with van der Waals surface area (Å²) in [5, 5.41) is 4.25. The molecular formula is C22H24N4O3. The molecule has 0 radical (unpaired) electrons. The lowest BCUT2D eigenvalue weighted by Gasteiger charge is -2.26. The van der Waals surface area contributed by atoms with Crippen LogP contribution >= 0.6 is 0 Å². The van der Waals surface area contributed by atoms with Crippen LogP contribution in [0, 0.1) is 0 Å². The SMILES string of the molecule is NC(=O)c1cc2c([nH]c1=O)CCCC2NC(=O)CCCc1c[nH]c2ccccc12. The lowest BCUT2D eigenvalue weighted by atomic mass is 9.90. The average molecular weight is 392 g/mol. The fraction of sp³-hybridized carbons (Fsp3) is 0.318. The number of aromatic amines is 2. The molecule has 1 aromatic carbocycles. The van der Waals surface area contributed by atoms with Gasteiger partial charge in [-0.1, -0.05) is 18.2 Å². The van der Waals surface area contributed by atoms with Crippen molar-refractivity contribution in [1.82, 2.24) is 15.3 Å². The summed E-state index contributed by atoms with van der Waals surface area (Å²) in [6.07, 6.45) is 6.32. The molecule has 1 unspecified atom stereocenters. The summed E-state index contributed by atoms with van der Waals surface area (Å²) in [5.41, 5.74) is 8.63. The monoisotopic (exact) mass is 392 g/mol. The van der Waals surface area contributed by atoms with Crippen molar-refractivity contribution in [2.24, 2.45) is 5.73 Å². The number of primary amides is 1. The summed E-state index contributed by atoms with van der Waals surface area (Å²) in [6, 6.07) is 9.45. The van der Waals surface area contributed by atoms with E-state index in [1.807, 2.05) is 24.4 Å². The number of benzene rings is 1. The molecule has 0 saturated heterocycles. The predicted molar refractivity (Wildman–Crippen MR) is 111 cm³/mol. The number of rotatable bonds is 6. The van der Waals surface area contributed by atoms with Crippen molar-refractivity contribution in [3.8, 4) is 0 Å². The Morgan fingerprint density at radius 2 is 2.07 bits per heavy atom. The quantitative estimate of drug-likeness (QED) is 0.515. The maximum absolute atomic E-state index is 12.5. The molecule has 7 nitrogen and oxygen atoms in total. The number of amides is 2. The Hall–Kier alpha value is -3.35. The third kappa shape index (κ3) is 3.94. The number of aryl methyl sites for hydroxylation is 2. The van der Waals surface area contributed by atoms with Gasteiger partial charge in [-0.25, -0.2) is 0 Å². The number of fused-ring (bicyclic) bond motifs is 2. The van der Waals surface area contributed by atoms with E-state index in [0.717, 1.165) is 48.9 Å². The van der Waals surface area contributed by atoms with Crippen LogP contribution in [0.1, 0.15) is 58.9 Å². The summed E-state index contributed by atoms with van der Waals surface area (Å²) >= 11 is 0. The second kappa shape index (κ2) is 7.95. The molecule has 3 aromatic rings. The number of nitrogens with two attached hydrogens (primary N) is 1. The highest BCUT2D eigenvalue weighted by atomic mass is 16.2. The Bertz CT molecular complexity index is 1130. The minimum Gasteiger partial charge on any atom is -0.365 e. The maximum Gasteiger partial charge on any atom is 0.261 e. The van der Waals surface area contributed by atoms with Crippen molar-refractivity contribution in [2.45, 2.75) is 44.6 Å². The molecule has 1 aliphatic carbocycles. The van der Waals surface area contributed by atoms with E-state index < -0.39 is 11.5 Å². The summed E-state index contributed by atoms with van der Waals surface area (Å²) in [6.45, 7) is 0. The predicted octanol–water partition coefficient (Wildman–Crippen LogP) is 2.47. The Morgan fingerprint density at radius 1 is 1.24 bits per heavy atom.